The molecule has 0 atom stereocenters. The highest BCUT2D eigenvalue weighted by Gasteiger charge is 2.44. The van der Waals surface area contributed by atoms with E-state index in [9.17, 15) is 18.3 Å². The molecule has 3 rings (SSSR count). The number of nitrogens with zero attached hydrogens (tertiary/aromatic N) is 3. The number of aromatic nitrogens is 1. The molecule has 0 radical (unpaired) electrons. The summed E-state index contributed by atoms with van der Waals surface area (Å²) < 4.78 is 28.4. The van der Waals surface area contributed by atoms with Gasteiger partial charge in [0.15, 0.2) is 11.8 Å². The number of carbonyl (C=O) groups is 1. The van der Waals surface area contributed by atoms with Crippen molar-refractivity contribution in [2.45, 2.75) is 23.3 Å². The number of carboxylic acid groups (broad SMARTS) is 1. The summed E-state index contributed by atoms with van der Waals surface area (Å²) in [7, 11) is -2.31. The van der Waals surface area contributed by atoms with Gasteiger partial charge in [0.05, 0.1) is 9.92 Å². The summed E-state index contributed by atoms with van der Waals surface area (Å²) in [6, 6.07) is 4.17. The van der Waals surface area contributed by atoms with Gasteiger partial charge in [-0.1, -0.05) is 17.7 Å². The van der Waals surface area contributed by atoms with Gasteiger partial charge < -0.3 is 21.5 Å². The Kier molecular flexibility index (Phi) is 7.15. The topological polar surface area (TPSA) is 164 Å². The van der Waals surface area contributed by atoms with Crippen LogP contribution < -0.4 is 16.2 Å². The molecule has 1 aromatic carbocycles. The lowest BCUT2D eigenvalue weighted by molar-refractivity contribution is -0.146. The summed E-state index contributed by atoms with van der Waals surface area (Å²) in [5.74, 6) is -1.35. The molecule has 1 aliphatic heterocycles. The average Bonchev–Trinajstić information content (AvgIpc) is 2.65. The van der Waals surface area contributed by atoms with Crippen LogP contribution in [0.15, 0.2) is 34.3 Å². The molecule has 1 saturated heterocycles. The van der Waals surface area contributed by atoms with Crippen LogP contribution >= 0.6 is 24.0 Å². The molecule has 0 aliphatic carbocycles. The summed E-state index contributed by atoms with van der Waals surface area (Å²) in [5, 5.41) is 10.8. The molecule has 1 fully saturated rings. The quantitative estimate of drug-likeness (QED) is 0.367. The standard InChI is InChI=1S/C17H21ClN6O4S.ClH/c1-24-6-4-17(5-7-24,15(25)26)23-29(27,28)10-2-3-11-12(8-10)14(22-16(19)20)21-9-13(11)18;/h2-3,8-9,23H,4-7H2,1H3,(H,25,26)(H4,19,20,21,22);1H. The number of aliphatic carboxylic acids is 1. The molecule has 0 saturated carbocycles. The number of hydrogen-bond donors (Lipinski definition) is 4. The average molecular weight is 477 g/mol. The van der Waals surface area contributed by atoms with E-state index in [1.807, 2.05) is 11.9 Å². The smallest absolute Gasteiger partial charge is 0.324 e. The van der Waals surface area contributed by atoms with Crippen molar-refractivity contribution < 1.29 is 18.3 Å². The van der Waals surface area contributed by atoms with Gasteiger partial charge in [-0.3, -0.25) is 4.79 Å². The Morgan fingerprint density at radius 2 is 1.93 bits per heavy atom. The summed E-state index contributed by atoms with van der Waals surface area (Å²) in [6.07, 6.45) is 1.66. The number of nitrogens with two attached hydrogens (primary N) is 2. The van der Waals surface area contributed by atoms with Crippen LogP contribution in [-0.4, -0.2) is 61.0 Å². The van der Waals surface area contributed by atoms with Gasteiger partial charge >= 0.3 is 5.97 Å². The first-order valence-electron chi connectivity index (χ1n) is 8.68. The maximum Gasteiger partial charge on any atom is 0.324 e. The summed E-state index contributed by atoms with van der Waals surface area (Å²) in [4.78, 5) is 21.7. The van der Waals surface area contributed by atoms with Crippen LogP contribution in [0.4, 0.5) is 5.82 Å². The van der Waals surface area contributed by atoms with Gasteiger partial charge in [-0.05, 0) is 32.0 Å². The number of sulfonamides is 1. The molecule has 1 aliphatic rings. The first-order chi connectivity index (χ1) is 13.5. The number of likely N-dealkylation sites (tertiary alicyclic amines) is 1. The molecule has 30 heavy (non-hydrogen) atoms. The Morgan fingerprint density at radius 3 is 2.50 bits per heavy atom. The second kappa shape index (κ2) is 8.90. The predicted octanol–water partition coefficient (Wildman–Crippen LogP) is 1.04. The van der Waals surface area contributed by atoms with Gasteiger partial charge in [-0.25, -0.2) is 13.4 Å². The molecule has 13 heteroatoms. The van der Waals surface area contributed by atoms with E-state index in [1.54, 1.807) is 0 Å². The fourth-order valence-corrected chi connectivity index (χ4v) is 4.89. The number of carboxylic acids is 1. The van der Waals surface area contributed by atoms with E-state index in [0.717, 1.165) is 0 Å². The van der Waals surface area contributed by atoms with Crippen molar-refractivity contribution in [3.63, 3.8) is 0 Å². The first kappa shape index (κ1) is 24.1. The number of piperidine rings is 1. The molecule has 2 aromatic rings. The maximum absolute atomic E-state index is 13.0. The largest absolute Gasteiger partial charge is 0.480 e. The van der Waals surface area contributed by atoms with Crippen molar-refractivity contribution in [3.05, 3.63) is 29.4 Å². The van der Waals surface area contributed by atoms with E-state index in [2.05, 4.69) is 14.7 Å². The third-order valence-electron chi connectivity index (χ3n) is 4.91. The monoisotopic (exact) mass is 476 g/mol. The fourth-order valence-electron chi connectivity index (χ4n) is 3.23. The Morgan fingerprint density at radius 1 is 1.30 bits per heavy atom. The second-order valence-electron chi connectivity index (χ2n) is 6.97. The highest BCUT2D eigenvalue weighted by Crippen LogP contribution is 2.32. The molecule has 0 amide bonds. The van der Waals surface area contributed by atoms with Crippen LogP contribution in [0, 0.1) is 0 Å². The Labute approximate surface area is 184 Å². The molecule has 0 spiro atoms. The number of nitrogens with one attached hydrogen (secondary N) is 1. The van der Waals surface area contributed by atoms with E-state index < -0.39 is 21.5 Å². The van der Waals surface area contributed by atoms with Crippen molar-refractivity contribution in [2.24, 2.45) is 16.5 Å². The number of halogens is 2. The zero-order chi connectivity index (χ0) is 21.4. The molecule has 0 unspecified atom stereocenters. The Balaban J connectivity index is 0.00000320. The van der Waals surface area contributed by atoms with Crippen molar-refractivity contribution in [1.29, 1.82) is 0 Å². The minimum absolute atomic E-state index is 0. The van der Waals surface area contributed by atoms with Crippen LogP contribution in [0.3, 0.4) is 0 Å². The van der Waals surface area contributed by atoms with Gasteiger partial charge in [-0.2, -0.15) is 9.71 Å². The molecule has 0 bridgehead atoms. The number of pyridine rings is 1. The third kappa shape index (κ3) is 4.76. The number of benzene rings is 1. The van der Waals surface area contributed by atoms with E-state index >= 15 is 0 Å². The zero-order valence-corrected chi connectivity index (χ0v) is 18.4. The predicted molar refractivity (Wildman–Crippen MR) is 117 cm³/mol. The van der Waals surface area contributed by atoms with Crippen LogP contribution in [0.1, 0.15) is 12.8 Å². The highest BCUT2D eigenvalue weighted by molar-refractivity contribution is 7.89. The van der Waals surface area contributed by atoms with E-state index in [1.165, 1.54) is 24.4 Å². The first-order valence-corrected chi connectivity index (χ1v) is 10.5. The van der Waals surface area contributed by atoms with Gasteiger partial charge in [-0.15, -0.1) is 12.4 Å². The van der Waals surface area contributed by atoms with Crippen molar-refractivity contribution in [3.8, 4) is 0 Å². The van der Waals surface area contributed by atoms with Crippen molar-refractivity contribution >= 4 is 62.6 Å². The van der Waals surface area contributed by atoms with E-state index in [4.69, 9.17) is 23.1 Å². The Bertz CT molecular complexity index is 1100. The second-order valence-corrected chi connectivity index (χ2v) is 9.06. The highest BCUT2D eigenvalue weighted by atomic mass is 35.5. The molecule has 6 N–H and O–H groups in total. The third-order valence-corrected chi connectivity index (χ3v) is 6.75. The number of guanidine groups is 1. The maximum atomic E-state index is 13.0. The van der Waals surface area contributed by atoms with Gasteiger partial charge in [0.1, 0.15) is 5.54 Å². The van der Waals surface area contributed by atoms with E-state index in [0.29, 0.717) is 28.9 Å². The minimum Gasteiger partial charge on any atom is -0.480 e. The summed E-state index contributed by atoms with van der Waals surface area (Å²) >= 11 is 6.14. The lowest BCUT2D eigenvalue weighted by atomic mass is 9.89. The zero-order valence-electron chi connectivity index (χ0n) is 16.0. The van der Waals surface area contributed by atoms with Crippen molar-refractivity contribution in [2.75, 3.05) is 20.1 Å². The number of hydrogen-bond acceptors (Lipinski definition) is 6. The number of rotatable bonds is 5. The molecule has 10 nitrogen and oxygen atoms in total. The number of aliphatic imine (C=N–C) groups is 1. The molecule has 1 aromatic heterocycles. The minimum atomic E-state index is -4.16. The summed E-state index contributed by atoms with van der Waals surface area (Å²) in [6.45, 7) is 0.918. The lowest BCUT2D eigenvalue weighted by Gasteiger charge is -2.37. The summed E-state index contributed by atoms with van der Waals surface area (Å²) in [5.41, 5.74) is 9.26. The Hall–Kier alpha value is -2.18. The molecule has 164 valence electrons. The van der Waals surface area contributed by atoms with Gasteiger partial charge in [0.25, 0.3) is 0 Å². The van der Waals surface area contributed by atoms with E-state index in [-0.39, 0.29) is 41.9 Å². The van der Waals surface area contributed by atoms with Crippen LogP contribution in [-0.2, 0) is 14.8 Å². The normalized spacial score (nSPS) is 16.6. The van der Waals surface area contributed by atoms with Crippen LogP contribution in [0.5, 0.6) is 0 Å². The van der Waals surface area contributed by atoms with Gasteiger partial charge in [0, 0.05) is 30.1 Å². The van der Waals surface area contributed by atoms with Crippen molar-refractivity contribution in [1.82, 2.24) is 14.6 Å². The van der Waals surface area contributed by atoms with Crippen LogP contribution in [0.2, 0.25) is 5.02 Å². The molecular formula is C17H22Cl2N6O4S. The lowest BCUT2D eigenvalue weighted by Crippen LogP contribution is -2.59. The SMILES string of the molecule is CN1CCC(NS(=O)(=O)c2ccc3c(Cl)cnc(N=C(N)N)c3c2)(C(=O)O)CC1.Cl. The number of fused-ring (bicyclic) bond motifs is 1. The van der Waals surface area contributed by atoms with Crippen LogP contribution in [0.25, 0.3) is 10.8 Å². The molecule has 2 heterocycles. The van der Waals surface area contributed by atoms with Gasteiger partial charge in [0.2, 0.25) is 10.0 Å². The molecular weight excluding hydrogens is 455 g/mol. The fraction of sp³-hybridized carbons (Fsp3) is 0.353.